The lowest BCUT2D eigenvalue weighted by atomic mass is 9.97. The molecule has 2 bridgehead atoms. The highest BCUT2D eigenvalue weighted by atomic mass is 32.2. The van der Waals surface area contributed by atoms with Crippen LogP contribution in [0.25, 0.3) is 0 Å². The third kappa shape index (κ3) is 5.75. The highest BCUT2D eigenvalue weighted by Gasteiger charge is 2.63. The molecule has 3 fully saturated rings. The number of halogens is 1. The molecule has 0 saturated carbocycles. The second kappa shape index (κ2) is 11.6. The van der Waals surface area contributed by atoms with E-state index < -0.39 is 33.9 Å². The van der Waals surface area contributed by atoms with Gasteiger partial charge in [0.05, 0.1) is 19.8 Å². The highest BCUT2D eigenvalue weighted by molar-refractivity contribution is 7.86. The number of piperazine rings is 2. The number of rotatable bonds is 9. The number of likely N-dealkylation sites (tertiary alicyclic amines) is 1. The van der Waals surface area contributed by atoms with E-state index in [1.54, 1.807) is 19.1 Å². The van der Waals surface area contributed by atoms with E-state index >= 15 is 0 Å². The first-order valence-electron chi connectivity index (χ1n) is 12.6. The van der Waals surface area contributed by atoms with E-state index in [2.05, 4.69) is 4.90 Å². The molecule has 206 valence electrons. The molecule has 1 amide bonds. The molecule has 3 saturated heterocycles. The molecule has 0 radical (unpaired) electrons. The maximum absolute atomic E-state index is 13.9. The first kappa shape index (κ1) is 27.7. The van der Waals surface area contributed by atoms with Crippen molar-refractivity contribution in [2.45, 2.75) is 37.9 Å². The molecule has 2 unspecified atom stereocenters. The van der Waals surface area contributed by atoms with Gasteiger partial charge in [-0.25, -0.2) is 14.0 Å². The van der Waals surface area contributed by atoms with E-state index in [-0.39, 0.29) is 58.2 Å². The van der Waals surface area contributed by atoms with Crippen molar-refractivity contribution in [2.24, 2.45) is 0 Å². The Kier molecular flexibility index (Phi) is 8.69. The third-order valence-corrected chi connectivity index (χ3v) is 9.34. The summed E-state index contributed by atoms with van der Waals surface area (Å²) in [6.07, 6.45) is 0.0936. The number of esters is 1. The second-order valence-corrected chi connectivity index (χ2v) is 11.3. The van der Waals surface area contributed by atoms with Gasteiger partial charge in [-0.2, -0.15) is 17.0 Å². The third-order valence-electron chi connectivity index (χ3n) is 7.18. The Morgan fingerprint density at radius 2 is 1.78 bits per heavy atom. The normalized spacial score (nSPS) is 25.3. The maximum atomic E-state index is 13.9. The van der Waals surface area contributed by atoms with Crippen LogP contribution in [-0.4, -0.2) is 117 Å². The summed E-state index contributed by atoms with van der Waals surface area (Å²) < 4.78 is 59.3. The number of fused-ring (bicyclic) bond motifs is 2. The number of hydrogen-bond donors (Lipinski definition) is 0. The predicted molar refractivity (Wildman–Crippen MR) is 131 cm³/mol. The SMILES string of the molecule is CCOC(=O)C12CCC(CN(C(=O)OCCOC)C1)N2S(=O)(=O)N1CCN(Cc2ccc(F)cc2)CC1. The van der Waals surface area contributed by atoms with Crippen LogP contribution in [0.2, 0.25) is 0 Å². The van der Waals surface area contributed by atoms with Crippen molar-refractivity contribution in [1.29, 1.82) is 0 Å². The van der Waals surface area contributed by atoms with Crippen molar-refractivity contribution in [1.82, 2.24) is 18.4 Å². The summed E-state index contributed by atoms with van der Waals surface area (Å²) in [5.41, 5.74) is -0.547. The average Bonchev–Trinajstić information content (AvgIpc) is 3.14. The largest absolute Gasteiger partial charge is 0.465 e. The lowest BCUT2D eigenvalue weighted by molar-refractivity contribution is -0.156. The molecule has 11 nitrogen and oxygen atoms in total. The lowest BCUT2D eigenvalue weighted by Gasteiger charge is -2.47. The van der Waals surface area contributed by atoms with Gasteiger partial charge in [-0.05, 0) is 37.5 Å². The summed E-state index contributed by atoms with van der Waals surface area (Å²) in [4.78, 5) is 29.4. The molecule has 0 spiro atoms. The first-order valence-corrected chi connectivity index (χ1v) is 13.9. The molecule has 13 heteroatoms. The summed E-state index contributed by atoms with van der Waals surface area (Å²) in [6, 6.07) is 5.70. The predicted octanol–water partition coefficient (Wildman–Crippen LogP) is 1.05. The number of nitrogens with zero attached hydrogens (tertiary/aromatic N) is 4. The Morgan fingerprint density at radius 1 is 1.08 bits per heavy atom. The van der Waals surface area contributed by atoms with E-state index in [9.17, 15) is 22.4 Å². The summed E-state index contributed by atoms with van der Waals surface area (Å²) in [5, 5.41) is 0. The van der Waals surface area contributed by atoms with Gasteiger partial charge >= 0.3 is 12.1 Å². The topological polar surface area (TPSA) is 109 Å². The van der Waals surface area contributed by atoms with E-state index in [0.29, 0.717) is 26.1 Å². The van der Waals surface area contributed by atoms with Crippen LogP contribution in [0.1, 0.15) is 25.3 Å². The van der Waals surface area contributed by atoms with Gasteiger partial charge in [0.15, 0.2) is 5.54 Å². The van der Waals surface area contributed by atoms with Gasteiger partial charge in [-0.1, -0.05) is 12.1 Å². The molecule has 1 aromatic carbocycles. The number of benzene rings is 1. The maximum Gasteiger partial charge on any atom is 0.409 e. The van der Waals surface area contributed by atoms with Crippen LogP contribution in [0.4, 0.5) is 9.18 Å². The van der Waals surface area contributed by atoms with E-state index in [4.69, 9.17) is 14.2 Å². The monoisotopic (exact) mass is 542 g/mol. The number of methoxy groups -OCH3 is 1. The molecule has 3 aliphatic rings. The standard InChI is InChI=1S/C24H35FN4O7S/c1-3-35-22(30)24-9-8-21(17-27(18-24)23(31)36-15-14-34-2)29(24)37(32,33)28-12-10-26(11-13-28)16-19-4-6-20(25)7-5-19/h4-7,21H,3,8-18H2,1-2H3. The molecule has 0 N–H and O–H groups in total. The van der Waals surface area contributed by atoms with Crippen molar-refractivity contribution in [3.8, 4) is 0 Å². The van der Waals surface area contributed by atoms with Crippen molar-refractivity contribution in [3.05, 3.63) is 35.6 Å². The van der Waals surface area contributed by atoms with Crippen molar-refractivity contribution in [3.63, 3.8) is 0 Å². The molecular weight excluding hydrogens is 507 g/mol. The van der Waals surface area contributed by atoms with Gasteiger partial charge in [-0.15, -0.1) is 0 Å². The molecule has 0 aliphatic carbocycles. The molecule has 3 heterocycles. The Morgan fingerprint density at radius 3 is 2.43 bits per heavy atom. The quantitative estimate of drug-likeness (QED) is 0.337. The van der Waals surface area contributed by atoms with Crippen LogP contribution >= 0.6 is 0 Å². The minimum Gasteiger partial charge on any atom is -0.465 e. The van der Waals surface area contributed by atoms with Gasteiger partial charge in [0.1, 0.15) is 12.4 Å². The molecule has 2 atom stereocenters. The fourth-order valence-electron chi connectivity index (χ4n) is 5.40. The smallest absolute Gasteiger partial charge is 0.409 e. The van der Waals surface area contributed by atoms with Gasteiger partial charge in [0.25, 0.3) is 10.2 Å². The van der Waals surface area contributed by atoms with E-state index in [1.165, 1.54) is 32.8 Å². The van der Waals surface area contributed by atoms with Crippen molar-refractivity contribution >= 4 is 22.3 Å². The number of hydrogen-bond acceptors (Lipinski definition) is 8. The molecule has 0 aromatic heterocycles. The lowest BCUT2D eigenvalue weighted by Crippen LogP contribution is -2.70. The number of ether oxygens (including phenoxy) is 3. The zero-order chi connectivity index (χ0) is 26.6. The summed E-state index contributed by atoms with van der Waals surface area (Å²) in [6.45, 7) is 4.18. The van der Waals surface area contributed by atoms with Gasteiger partial charge in [0.2, 0.25) is 0 Å². The van der Waals surface area contributed by atoms with Crippen LogP contribution in [0.5, 0.6) is 0 Å². The second-order valence-electron chi connectivity index (χ2n) is 9.54. The van der Waals surface area contributed by atoms with Crippen LogP contribution in [0, 0.1) is 5.82 Å². The van der Waals surface area contributed by atoms with Crippen LogP contribution in [0.3, 0.4) is 0 Å². The number of carbonyl (C=O) groups is 2. The Balaban J connectivity index is 1.48. The molecule has 4 rings (SSSR count). The molecule has 3 aliphatic heterocycles. The Bertz CT molecular complexity index is 1070. The molecule has 37 heavy (non-hydrogen) atoms. The van der Waals surface area contributed by atoms with E-state index in [1.807, 2.05) is 0 Å². The molecular formula is C24H35FN4O7S. The number of carbonyl (C=O) groups excluding carboxylic acids is 2. The summed E-state index contributed by atoms with van der Waals surface area (Å²) in [7, 11) is -2.53. The summed E-state index contributed by atoms with van der Waals surface area (Å²) >= 11 is 0. The highest BCUT2D eigenvalue weighted by Crippen LogP contribution is 2.43. The van der Waals surface area contributed by atoms with E-state index in [0.717, 1.165) is 5.56 Å². The zero-order valence-electron chi connectivity index (χ0n) is 21.3. The van der Waals surface area contributed by atoms with Crippen molar-refractivity contribution < 1.29 is 36.6 Å². The Hall–Kier alpha value is -2.32. The molecule has 1 aromatic rings. The minimum atomic E-state index is -4.02. The van der Waals surface area contributed by atoms with Gasteiger partial charge in [0, 0.05) is 52.4 Å². The van der Waals surface area contributed by atoms with Crippen LogP contribution in [-0.2, 0) is 35.8 Å². The fourth-order valence-corrected chi connectivity index (χ4v) is 7.48. The first-order chi connectivity index (χ1) is 17.7. The number of amides is 1. The average molecular weight is 543 g/mol. The zero-order valence-corrected chi connectivity index (χ0v) is 22.1. The van der Waals surface area contributed by atoms with Crippen LogP contribution < -0.4 is 0 Å². The fraction of sp³-hybridized carbons (Fsp3) is 0.667. The van der Waals surface area contributed by atoms with Gasteiger partial charge in [-0.3, -0.25) is 4.90 Å². The Labute approximate surface area is 217 Å². The minimum absolute atomic E-state index is 0.0626. The van der Waals surface area contributed by atoms with Gasteiger partial charge < -0.3 is 19.1 Å². The summed E-state index contributed by atoms with van der Waals surface area (Å²) in [5.74, 6) is -0.946. The van der Waals surface area contributed by atoms with Crippen LogP contribution in [0.15, 0.2) is 24.3 Å². The van der Waals surface area contributed by atoms with Crippen molar-refractivity contribution in [2.75, 3.05) is 66.2 Å².